The third-order valence-electron chi connectivity index (χ3n) is 4.37. The van der Waals surface area contributed by atoms with Crippen molar-refractivity contribution in [1.82, 2.24) is 5.32 Å². The van der Waals surface area contributed by atoms with Gasteiger partial charge < -0.3 is 14.8 Å². The summed E-state index contributed by atoms with van der Waals surface area (Å²) in [5.41, 5.74) is 4.49. The lowest BCUT2D eigenvalue weighted by Crippen LogP contribution is -2.14. The highest BCUT2D eigenvalue weighted by Crippen LogP contribution is 2.32. The van der Waals surface area contributed by atoms with E-state index in [9.17, 15) is 0 Å². The third kappa shape index (κ3) is 5.25. The van der Waals surface area contributed by atoms with E-state index < -0.39 is 0 Å². The molecule has 4 heteroatoms. The molecular formula is C23H24ClNO2. The number of nitrogens with one attached hydrogen (secondary N) is 1. The van der Waals surface area contributed by atoms with Crippen molar-refractivity contribution in [2.45, 2.75) is 26.6 Å². The Morgan fingerprint density at radius 2 is 1.56 bits per heavy atom. The van der Waals surface area contributed by atoms with Crippen molar-refractivity contribution in [2.75, 3.05) is 7.11 Å². The molecular weight excluding hydrogens is 358 g/mol. The Morgan fingerprint density at radius 1 is 0.852 bits per heavy atom. The van der Waals surface area contributed by atoms with Gasteiger partial charge in [0.25, 0.3) is 0 Å². The van der Waals surface area contributed by atoms with E-state index in [-0.39, 0.29) is 0 Å². The molecule has 1 N–H and O–H groups in total. The first-order valence-corrected chi connectivity index (χ1v) is 9.33. The molecule has 3 aromatic rings. The molecule has 0 radical (unpaired) electrons. The highest BCUT2D eigenvalue weighted by Gasteiger charge is 2.11. The van der Waals surface area contributed by atoms with Gasteiger partial charge in [-0.15, -0.1) is 0 Å². The molecule has 0 heterocycles. The van der Waals surface area contributed by atoms with Gasteiger partial charge in [-0.25, -0.2) is 0 Å². The molecule has 0 aliphatic carbocycles. The number of ether oxygens (including phenoxy) is 2. The van der Waals surface area contributed by atoms with Crippen LogP contribution in [0.25, 0.3) is 0 Å². The minimum atomic E-state index is 0.498. The van der Waals surface area contributed by atoms with Crippen LogP contribution in [0, 0.1) is 6.92 Å². The molecule has 0 amide bonds. The summed E-state index contributed by atoms with van der Waals surface area (Å²) in [6.45, 7) is 3.92. The van der Waals surface area contributed by atoms with Gasteiger partial charge in [-0.05, 0) is 30.2 Å². The van der Waals surface area contributed by atoms with Crippen LogP contribution in [0.3, 0.4) is 0 Å². The molecule has 3 nitrogen and oxygen atoms in total. The minimum absolute atomic E-state index is 0.498. The van der Waals surface area contributed by atoms with Crippen LogP contribution in [-0.4, -0.2) is 7.11 Å². The number of benzene rings is 3. The first-order valence-electron chi connectivity index (χ1n) is 8.95. The fraction of sp³-hybridized carbons (Fsp3) is 0.217. The van der Waals surface area contributed by atoms with Crippen molar-refractivity contribution >= 4 is 11.6 Å². The first-order chi connectivity index (χ1) is 13.2. The summed E-state index contributed by atoms with van der Waals surface area (Å²) in [5.74, 6) is 1.51. The lowest BCUT2D eigenvalue weighted by molar-refractivity contribution is 0.280. The van der Waals surface area contributed by atoms with E-state index in [1.54, 1.807) is 7.11 Å². The Kier molecular flexibility index (Phi) is 6.74. The summed E-state index contributed by atoms with van der Waals surface area (Å²) in [7, 11) is 1.66. The lowest BCUT2D eigenvalue weighted by atomic mass is 10.1. The van der Waals surface area contributed by atoms with Gasteiger partial charge in [-0.2, -0.15) is 0 Å². The average molecular weight is 382 g/mol. The molecule has 0 spiro atoms. The predicted octanol–water partition coefficient (Wildman–Crippen LogP) is 5.53. The molecule has 0 aliphatic heterocycles. The Labute approximate surface area is 165 Å². The summed E-state index contributed by atoms with van der Waals surface area (Å²) in [5, 5.41) is 4.21. The van der Waals surface area contributed by atoms with Crippen LogP contribution in [0.2, 0.25) is 5.02 Å². The molecule has 0 aromatic heterocycles. The van der Waals surface area contributed by atoms with Crippen molar-refractivity contribution in [3.05, 3.63) is 94.0 Å². The molecule has 0 saturated carbocycles. The fourth-order valence-electron chi connectivity index (χ4n) is 2.84. The standard InChI is InChI=1S/C23H24ClNO2/c1-17-10-12-18(13-11-17)16-27-23-20(7-5-9-22(23)26-2)15-25-14-19-6-3-4-8-21(19)24/h3-13,25H,14-16H2,1-2H3. The second-order valence-corrected chi connectivity index (χ2v) is 6.82. The molecule has 3 rings (SSSR count). The van der Waals surface area contributed by atoms with E-state index in [0.29, 0.717) is 19.7 Å². The predicted molar refractivity (Wildman–Crippen MR) is 111 cm³/mol. The summed E-state index contributed by atoms with van der Waals surface area (Å²) in [6.07, 6.45) is 0. The van der Waals surface area contributed by atoms with E-state index in [4.69, 9.17) is 21.1 Å². The van der Waals surface area contributed by atoms with E-state index in [0.717, 1.165) is 33.2 Å². The van der Waals surface area contributed by atoms with Gasteiger partial charge in [0.05, 0.1) is 7.11 Å². The highest BCUT2D eigenvalue weighted by atomic mass is 35.5. The van der Waals surface area contributed by atoms with Gasteiger partial charge in [-0.3, -0.25) is 0 Å². The van der Waals surface area contributed by atoms with E-state index in [2.05, 4.69) is 36.5 Å². The van der Waals surface area contributed by atoms with Crippen molar-refractivity contribution in [3.63, 3.8) is 0 Å². The maximum atomic E-state index is 6.23. The van der Waals surface area contributed by atoms with E-state index in [1.807, 2.05) is 42.5 Å². The largest absolute Gasteiger partial charge is 0.493 e. The first kappa shape index (κ1) is 19.3. The average Bonchev–Trinajstić information content (AvgIpc) is 2.69. The van der Waals surface area contributed by atoms with Crippen LogP contribution >= 0.6 is 11.6 Å². The zero-order chi connectivity index (χ0) is 19.1. The number of methoxy groups -OCH3 is 1. The van der Waals surface area contributed by atoms with Crippen molar-refractivity contribution in [1.29, 1.82) is 0 Å². The molecule has 0 bridgehead atoms. The van der Waals surface area contributed by atoms with Gasteiger partial charge in [-0.1, -0.05) is 71.8 Å². The smallest absolute Gasteiger partial charge is 0.166 e. The fourth-order valence-corrected chi connectivity index (χ4v) is 3.04. The van der Waals surface area contributed by atoms with Gasteiger partial charge in [0, 0.05) is 23.7 Å². The molecule has 0 unspecified atom stereocenters. The van der Waals surface area contributed by atoms with E-state index in [1.165, 1.54) is 5.56 Å². The number of hydrogen-bond donors (Lipinski definition) is 1. The number of rotatable bonds is 8. The number of hydrogen-bond acceptors (Lipinski definition) is 3. The molecule has 0 atom stereocenters. The van der Waals surface area contributed by atoms with Crippen LogP contribution in [0.4, 0.5) is 0 Å². The summed E-state index contributed by atoms with van der Waals surface area (Å²) >= 11 is 6.23. The Morgan fingerprint density at radius 3 is 2.30 bits per heavy atom. The molecule has 0 saturated heterocycles. The maximum absolute atomic E-state index is 6.23. The molecule has 3 aromatic carbocycles. The minimum Gasteiger partial charge on any atom is -0.493 e. The Balaban J connectivity index is 1.69. The van der Waals surface area contributed by atoms with Crippen LogP contribution in [0.15, 0.2) is 66.7 Å². The second-order valence-electron chi connectivity index (χ2n) is 6.42. The summed E-state index contributed by atoms with van der Waals surface area (Å²) in [4.78, 5) is 0. The van der Waals surface area contributed by atoms with Crippen molar-refractivity contribution < 1.29 is 9.47 Å². The Hall–Kier alpha value is -2.49. The molecule has 27 heavy (non-hydrogen) atoms. The van der Waals surface area contributed by atoms with Crippen LogP contribution < -0.4 is 14.8 Å². The topological polar surface area (TPSA) is 30.5 Å². The summed E-state index contributed by atoms with van der Waals surface area (Å²) < 4.78 is 11.6. The number of halogens is 1. The van der Waals surface area contributed by atoms with Crippen LogP contribution in [0.5, 0.6) is 11.5 Å². The molecule has 0 aliphatic rings. The van der Waals surface area contributed by atoms with Crippen molar-refractivity contribution in [2.24, 2.45) is 0 Å². The SMILES string of the molecule is COc1cccc(CNCc2ccccc2Cl)c1OCc1ccc(C)cc1. The van der Waals surface area contributed by atoms with Gasteiger partial charge in [0.15, 0.2) is 11.5 Å². The van der Waals surface area contributed by atoms with Gasteiger partial charge >= 0.3 is 0 Å². The number of para-hydroxylation sites is 1. The lowest BCUT2D eigenvalue weighted by Gasteiger charge is -2.16. The Bertz CT molecular complexity index is 878. The third-order valence-corrected chi connectivity index (χ3v) is 4.74. The summed E-state index contributed by atoms with van der Waals surface area (Å²) in [6, 6.07) is 22.1. The van der Waals surface area contributed by atoms with Gasteiger partial charge in [0.1, 0.15) is 6.61 Å². The quantitative estimate of drug-likeness (QED) is 0.556. The second kappa shape index (κ2) is 9.45. The maximum Gasteiger partial charge on any atom is 0.166 e. The number of aryl methyl sites for hydroxylation is 1. The zero-order valence-corrected chi connectivity index (χ0v) is 16.4. The van der Waals surface area contributed by atoms with Crippen molar-refractivity contribution in [3.8, 4) is 11.5 Å². The molecule has 140 valence electrons. The normalized spacial score (nSPS) is 10.6. The van der Waals surface area contributed by atoms with Crippen LogP contribution in [0.1, 0.15) is 22.3 Å². The molecule has 0 fully saturated rings. The van der Waals surface area contributed by atoms with E-state index >= 15 is 0 Å². The zero-order valence-electron chi connectivity index (χ0n) is 15.7. The highest BCUT2D eigenvalue weighted by molar-refractivity contribution is 6.31. The monoisotopic (exact) mass is 381 g/mol. The van der Waals surface area contributed by atoms with Gasteiger partial charge in [0.2, 0.25) is 0 Å². The van der Waals surface area contributed by atoms with Crippen LogP contribution in [-0.2, 0) is 19.7 Å².